The summed E-state index contributed by atoms with van der Waals surface area (Å²) in [5.74, 6) is -0.822. The van der Waals surface area contributed by atoms with Crippen LogP contribution >= 0.6 is 0 Å². The number of aromatic nitrogens is 2. The Morgan fingerprint density at radius 3 is 2.60 bits per heavy atom. The van der Waals surface area contributed by atoms with Crippen molar-refractivity contribution in [3.8, 4) is 0 Å². The van der Waals surface area contributed by atoms with E-state index < -0.39 is 22.2 Å². The molecule has 0 saturated carbocycles. The van der Waals surface area contributed by atoms with Gasteiger partial charge < -0.3 is 5.11 Å². The number of carboxylic acid groups (broad SMARTS) is 1. The molecule has 0 aromatic carbocycles. The van der Waals surface area contributed by atoms with Gasteiger partial charge in [-0.3, -0.25) is 4.79 Å². The Balaban J connectivity index is 3.33. The monoisotopic (exact) mass is 230 g/mol. The first-order chi connectivity index (χ1) is 6.80. The average molecular weight is 230 g/mol. The van der Waals surface area contributed by atoms with Crippen LogP contribution in [0.15, 0.2) is 11.2 Å². The summed E-state index contributed by atoms with van der Waals surface area (Å²) >= 11 is 0. The first kappa shape index (κ1) is 11.6. The molecule has 0 radical (unpaired) electrons. The van der Waals surface area contributed by atoms with Crippen LogP contribution in [0.4, 0.5) is 0 Å². The van der Waals surface area contributed by atoms with E-state index in [2.05, 4.69) is 9.97 Å². The zero-order chi connectivity index (χ0) is 11.6. The quantitative estimate of drug-likeness (QED) is 0.723. The minimum absolute atomic E-state index is 0.107. The Labute approximate surface area is 86.9 Å². The van der Waals surface area contributed by atoms with Gasteiger partial charge in [-0.1, -0.05) is 0 Å². The fourth-order valence-electron chi connectivity index (χ4n) is 1.08. The van der Waals surface area contributed by atoms with Gasteiger partial charge in [-0.05, 0) is 6.92 Å². The van der Waals surface area contributed by atoms with Crippen LogP contribution in [0.5, 0.6) is 0 Å². The van der Waals surface area contributed by atoms with E-state index >= 15 is 0 Å². The predicted molar refractivity (Wildman–Crippen MR) is 51.2 cm³/mol. The van der Waals surface area contributed by atoms with Crippen LogP contribution in [0.25, 0.3) is 0 Å². The highest BCUT2D eigenvalue weighted by atomic mass is 32.2. The Hall–Kier alpha value is -1.50. The molecular formula is C8H10N2O4S. The van der Waals surface area contributed by atoms with Gasteiger partial charge in [-0.15, -0.1) is 0 Å². The van der Waals surface area contributed by atoms with E-state index in [0.717, 1.165) is 6.26 Å². The molecule has 1 N–H and O–H groups in total. The number of rotatable bonds is 3. The molecule has 0 fully saturated rings. The van der Waals surface area contributed by atoms with Crippen LogP contribution in [0.2, 0.25) is 0 Å². The van der Waals surface area contributed by atoms with Crippen LogP contribution in [0.3, 0.4) is 0 Å². The number of carboxylic acids is 1. The topological polar surface area (TPSA) is 97.2 Å². The maximum absolute atomic E-state index is 11.3. The number of carbonyl (C=O) groups is 1. The fraction of sp³-hybridized carbons (Fsp3) is 0.375. The van der Waals surface area contributed by atoms with Gasteiger partial charge in [-0.25, -0.2) is 18.4 Å². The van der Waals surface area contributed by atoms with Crippen LogP contribution in [-0.2, 0) is 21.1 Å². The van der Waals surface area contributed by atoms with Crippen LogP contribution in [0.1, 0.15) is 11.4 Å². The molecule has 0 unspecified atom stereocenters. The fourth-order valence-corrected chi connectivity index (χ4v) is 1.98. The minimum Gasteiger partial charge on any atom is -0.481 e. The zero-order valence-corrected chi connectivity index (χ0v) is 9.08. The minimum atomic E-state index is -3.52. The third-order valence-electron chi connectivity index (χ3n) is 1.64. The highest BCUT2D eigenvalue weighted by molar-refractivity contribution is 7.90. The first-order valence-corrected chi connectivity index (χ1v) is 5.94. The van der Waals surface area contributed by atoms with E-state index in [1.165, 1.54) is 6.20 Å². The zero-order valence-electron chi connectivity index (χ0n) is 8.26. The van der Waals surface area contributed by atoms with Crippen molar-refractivity contribution < 1.29 is 18.3 Å². The standard InChI is InChI=1S/C8H10N2O4S/c1-5-9-4-6(3-7(11)12)8(10-5)15(2,13)14/h4H,3H2,1-2H3,(H,11,12). The van der Waals surface area contributed by atoms with E-state index in [4.69, 9.17) is 5.11 Å². The highest BCUT2D eigenvalue weighted by Gasteiger charge is 2.17. The van der Waals surface area contributed by atoms with Crippen molar-refractivity contribution >= 4 is 15.8 Å². The maximum Gasteiger partial charge on any atom is 0.307 e. The van der Waals surface area contributed by atoms with Gasteiger partial charge in [0, 0.05) is 18.0 Å². The molecule has 0 aliphatic heterocycles. The summed E-state index contributed by atoms with van der Waals surface area (Å²) in [5, 5.41) is 8.37. The summed E-state index contributed by atoms with van der Waals surface area (Å²) in [7, 11) is -3.52. The third-order valence-corrected chi connectivity index (χ3v) is 2.69. The van der Waals surface area contributed by atoms with E-state index in [0.29, 0.717) is 5.82 Å². The average Bonchev–Trinajstić information content (AvgIpc) is 2.05. The molecule has 82 valence electrons. The largest absolute Gasteiger partial charge is 0.481 e. The first-order valence-electron chi connectivity index (χ1n) is 4.05. The van der Waals surface area contributed by atoms with Gasteiger partial charge in [-0.2, -0.15) is 0 Å². The second kappa shape index (κ2) is 3.93. The molecule has 0 amide bonds. The van der Waals surface area contributed by atoms with Gasteiger partial charge in [0.2, 0.25) is 0 Å². The molecule has 0 aliphatic carbocycles. The molecule has 0 spiro atoms. The molecule has 1 aromatic rings. The molecule has 0 atom stereocenters. The van der Waals surface area contributed by atoms with Crippen LogP contribution in [0, 0.1) is 6.92 Å². The molecule has 1 aromatic heterocycles. The number of hydrogen-bond acceptors (Lipinski definition) is 5. The number of nitrogens with zero attached hydrogens (tertiary/aromatic N) is 2. The summed E-state index contributed by atoms with van der Waals surface area (Å²) in [4.78, 5) is 18.0. The Morgan fingerprint density at radius 1 is 1.53 bits per heavy atom. The number of aryl methyl sites for hydroxylation is 1. The number of aliphatic carboxylic acids is 1. The van der Waals surface area contributed by atoms with Gasteiger partial charge in [0.1, 0.15) is 5.82 Å². The molecule has 0 saturated heterocycles. The van der Waals surface area contributed by atoms with Gasteiger partial charge in [0.05, 0.1) is 6.42 Å². The van der Waals surface area contributed by atoms with E-state index in [9.17, 15) is 13.2 Å². The normalized spacial score (nSPS) is 11.3. The molecule has 1 rings (SSSR count). The smallest absolute Gasteiger partial charge is 0.307 e. The highest BCUT2D eigenvalue weighted by Crippen LogP contribution is 2.12. The van der Waals surface area contributed by atoms with Crippen molar-refractivity contribution in [3.05, 3.63) is 17.6 Å². The molecule has 1 heterocycles. The Kier molecular flexibility index (Phi) is 3.04. The Morgan fingerprint density at radius 2 is 2.13 bits per heavy atom. The van der Waals surface area contributed by atoms with Crippen molar-refractivity contribution in [2.45, 2.75) is 18.4 Å². The summed E-state index contributed by atoms with van der Waals surface area (Å²) in [6.45, 7) is 1.54. The lowest BCUT2D eigenvalue weighted by atomic mass is 10.2. The van der Waals surface area contributed by atoms with Crippen molar-refractivity contribution in [2.75, 3.05) is 6.26 Å². The molecule has 7 heteroatoms. The van der Waals surface area contributed by atoms with Crippen molar-refractivity contribution in [1.29, 1.82) is 0 Å². The SMILES string of the molecule is Cc1ncc(CC(=O)O)c(S(C)(=O)=O)n1. The summed E-state index contributed by atoms with van der Waals surface area (Å²) in [6, 6.07) is 0. The molecule has 0 bridgehead atoms. The summed E-state index contributed by atoms with van der Waals surface area (Å²) in [6.07, 6.45) is 1.82. The lowest BCUT2D eigenvalue weighted by Gasteiger charge is -2.04. The summed E-state index contributed by atoms with van der Waals surface area (Å²) < 4.78 is 22.6. The van der Waals surface area contributed by atoms with Gasteiger partial charge in [0.25, 0.3) is 0 Å². The van der Waals surface area contributed by atoms with E-state index in [-0.39, 0.29) is 10.6 Å². The van der Waals surface area contributed by atoms with Gasteiger partial charge in [0.15, 0.2) is 14.9 Å². The number of hydrogen-bond donors (Lipinski definition) is 1. The summed E-state index contributed by atoms with van der Waals surface area (Å²) in [5.41, 5.74) is 0.107. The molecule has 6 nitrogen and oxygen atoms in total. The lowest BCUT2D eigenvalue weighted by Crippen LogP contribution is -2.11. The molecule has 15 heavy (non-hydrogen) atoms. The lowest BCUT2D eigenvalue weighted by molar-refractivity contribution is -0.136. The maximum atomic E-state index is 11.3. The van der Waals surface area contributed by atoms with Crippen molar-refractivity contribution in [2.24, 2.45) is 0 Å². The predicted octanol–water partition coefficient (Wildman–Crippen LogP) is -0.184. The second-order valence-corrected chi connectivity index (χ2v) is 5.02. The van der Waals surface area contributed by atoms with Crippen molar-refractivity contribution in [3.63, 3.8) is 0 Å². The van der Waals surface area contributed by atoms with Crippen LogP contribution in [-0.4, -0.2) is 35.7 Å². The van der Waals surface area contributed by atoms with E-state index in [1.54, 1.807) is 6.92 Å². The van der Waals surface area contributed by atoms with Gasteiger partial charge >= 0.3 is 5.97 Å². The number of sulfone groups is 1. The third kappa shape index (κ3) is 2.98. The van der Waals surface area contributed by atoms with Crippen LogP contribution < -0.4 is 0 Å². The molecular weight excluding hydrogens is 220 g/mol. The second-order valence-electron chi connectivity index (χ2n) is 3.09. The van der Waals surface area contributed by atoms with Crippen molar-refractivity contribution in [1.82, 2.24) is 9.97 Å². The molecule has 0 aliphatic rings. The Bertz CT molecular complexity index is 495. The van der Waals surface area contributed by atoms with E-state index in [1.807, 2.05) is 0 Å².